The van der Waals surface area contributed by atoms with E-state index in [0.29, 0.717) is 11.3 Å². The summed E-state index contributed by atoms with van der Waals surface area (Å²) in [5, 5.41) is 5.56. The molecule has 1 aliphatic rings. The Bertz CT molecular complexity index is 732. The molecule has 1 aliphatic carbocycles. The second-order valence-electron chi connectivity index (χ2n) is 6.20. The van der Waals surface area contributed by atoms with E-state index in [1.54, 1.807) is 13.1 Å². The van der Waals surface area contributed by atoms with Gasteiger partial charge >= 0.3 is 0 Å². The van der Waals surface area contributed by atoms with E-state index in [9.17, 15) is 9.59 Å². The largest absolute Gasteiger partial charge is 0.454 e. The van der Waals surface area contributed by atoms with Gasteiger partial charge in [0.15, 0.2) is 5.76 Å². The molecule has 1 heterocycles. The molecular weight excluding hydrogens is 304 g/mol. The molecular formula is C19H22N2O3. The van der Waals surface area contributed by atoms with Gasteiger partial charge in [-0.05, 0) is 24.8 Å². The van der Waals surface area contributed by atoms with Crippen LogP contribution >= 0.6 is 0 Å². The van der Waals surface area contributed by atoms with E-state index >= 15 is 0 Å². The van der Waals surface area contributed by atoms with Gasteiger partial charge < -0.3 is 15.1 Å². The van der Waals surface area contributed by atoms with Crippen LogP contribution in [-0.2, 0) is 0 Å². The van der Waals surface area contributed by atoms with Gasteiger partial charge in [0.05, 0.1) is 5.56 Å². The highest BCUT2D eigenvalue weighted by molar-refractivity contribution is 5.99. The molecule has 2 N–H and O–H groups in total. The molecule has 0 unspecified atom stereocenters. The molecule has 24 heavy (non-hydrogen) atoms. The summed E-state index contributed by atoms with van der Waals surface area (Å²) in [5.41, 5.74) is 1.48. The Hall–Kier alpha value is -2.56. The Morgan fingerprint density at radius 3 is 2.46 bits per heavy atom. The third-order valence-electron chi connectivity index (χ3n) is 4.59. The minimum absolute atomic E-state index is 0.119. The van der Waals surface area contributed by atoms with E-state index in [2.05, 4.69) is 10.6 Å². The van der Waals surface area contributed by atoms with Crippen molar-refractivity contribution in [2.24, 2.45) is 0 Å². The normalized spacial score (nSPS) is 15.4. The van der Waals surface area contributed by atoms with Crippen LogP contribution in [0.25, 0.3) is 0 Å². The van der Waals surface area contributed by atoms with Crippen molar-refractivity contribution in [2.75, 3.05) is 7.05 Å². The first-order chi connectivity index (χ1) is 11.6. The zero-order valence-corrected chi connectivity index (χ0v) is 14.0. The summed E-state index contributed by atoms with van der Waals surface area (Å²) in [6, 6.07) is 11.6. The number of amides is 2. The fourth-order valence-corrected chi connectivity index (χ4v) is 2.85. The van der Waals surface area contributed by atoms with Gasteiger partial charge in [0.25, 0.3) is 11.8 Å². The highest BCUT2D eigenvalue weighted by Gasteiger charge is 2.28. The number of carbonyl (C=O) groups is 2. The second kappa shape index (κ2) is 6.91. The van der Waals surface area contributed by atoms with Crippen LogP contribution in [0.15, 0.2) is 40.8 Å². The summed E-state index contributed by atoms with van der Waals surface area (Å²) < 4.78 is 5.77. The van der Waals surface area contributed by atoms with Crippen molar-refractivity contribution in [1.82, 2.24) is 10.6 Å². The number of hydrogen-bond donors (Lipinski definition) is 2. The van der Waals surface area contributed by atoms with E-state index in [-0.39, 0.29) is 29.5 Å². The first kappa shape index (κ1) is 16.3. The van der Waals surface area contributed by atoms with E-state index in [0.717, 1.165) is 24.8 Å². The van der Waals surface area contributed by atoms with Gasteiger partial charge in [-0.15, -0.1) is 0 Å². The van der Waals surface area contributed by atoms with Crippen LogP contribution < -0.4 is 10.6 Å². The molecule has 3 rings (SSSR count). The molecule has 2 amide bonds. The van der Waals surface area contributed by atoms with Crippen molar-refractivity contribution < 1.29 is 14.0 Å². The molecule has 2 aromatic rings. The molecule has 0 bridgehead atoms. The third-order valence-corrected chi connectivity index (χ3v) is 4.59. The van der Waals surface area contributed by atoms with E-state index in [1.165, 1.54) is 0 Å². The Labute approximate surface area is 141 Å². The standard InChI is InChI=1S/C19H22N2O3/c1-12(13-7-4-3-5-8-13)17-15(11-16(24-17)19(23)20-2)18(22)21-14-9-6-10-14/h3-5,7-8,11-12,14H,6,9-10H2,1-2H3,(H,20,23)(H,21,22)/t12-/m0/s1. The van der Waals surface area contributed by atoms with E-state index < -0.39 is 0 Å². The average Bonchev–Trinajstić information content (AvgIpc) is 3.02. The lowest BCUT2D eigenvalue weighted by Gasteiger charge is -2.26. The summed E-state index contributed by atoms with van der Waals surface area (Å²) in [7, 11) is 1.54. The molecule has 1 aromatic carbocycles. The number of hydrogen-bond acceptors (Lipinski definition) is 3. The van der Waals surface area contributed by atoms with Crippen LogP contribution in [0.5, 0.6) is 0 Å². The summed E-state index contributed by atoms with van der Waals surface area (Å²) >= 11 is 0. The molecule has 5 nitrogen and oxygen atoms in total. The Morgan fingerprint density at radius 1 is 1.17 bits per heavy atom. The van der Waals surface area contributed by atoms with Gasteiger partial charge in [0, 0.05) is 25.1 Å². The molecule has 5 heteroatoms. The fourth-order valence-electron chi connectivity index (χ4n) is 2.85. The molecule has 1 saturated carbocycles. The average molecular weight is 326 g/mol. The molecule has 126 valence electrons. The number of carbonyl (C=O) groups excluding carboxylic acids is 2. The minimum atomic E-state index is -0.334. The highest BCUT2D eigenvalue weighted by atomic mass is 16.4. The van der Waals surface area contributed by atoms with E-state index in [1.807, 2.05) is 37.3 Å². The van der Waals surface area contributed by atoms with Crippen LogP contribution in [-0.4, -0.2) is 24.9 Å². The minimum Gasteiger partial charge on any atom is -0.454 e. The Morgan fingerprint density at radius 2 is 1.88 bits per heavy atom. The zero-order valence-electron chi connectivity index (χ0n) is 14.0. The maximum Gasteiger partial charge on any atom is 0.286 e. The van der Waals surface area contributed by atoms with Crippen molar-refractivity contribution in [3.05, 3.63) is 59.0 Å². The van der Waals surface area contributed by atoms with Crippen molar-refractivity contribution in [3.63, 3.8) is 0 Å². The zero-order chi connectivity index (χ0) is 17.1. The topological polar surface area (TPSA) is 71.3 Å². The molecule has 1 atom stereocenters. The van der Waals surface area contributed by atoms with E-state index in [4.69, 9.17) is 4.42 Å². The van der Waals surface area contributed by atoms with Crippen LogP contribution in [0, 0.1) is 0 Å². The number of benzene rings is 1. The molecule has 0 spiro atoms. The molecule has 1 aromatic heterocycles. The highest BCUT2D eigenvalue weighted by Crippen LogP contribution is 2.30. The predicted molar refractivity (Wildman–Crippen MR) is 91.2 cm³/mol. The van der Waals surface area contributed by atoms with Gasteiger partial charge in [-0.25, -0.2) is 0 Å². The molecule has 1 fully saturated rings. The fraction of sp³-hybridized carbons (Fsp3) is 0.368. The maximum absolute atomic E-state index is 12.6. The number of nitrogens with one attached hydrogen (secondary N) is 2. The maximum atomic E-state index is 12.6. The second-order valence-corrected chi connectivity index (χ2v) is 6.20. The molecule has 0 radical (unpaired) electrons. The first-order valence-corrected chi connectivity index (χ1v) is 8.31. The third kappa shape index (κ3) is 3.20. The summed E-state index contributed by atoms with van der Waals surface area (Å²) in [4.78, 5) is 24.5. The molecule has 0 aliphatic heterocycles. The van der Waals surface area contributed by atoms with Crippen molar-refractivity contribution in [3.8, 4) is 0 Å². The lowest BCUT2D eigenvalue weighted by atomic mass is 9.92. The number of furan rings is 1. The van der Waals surface area contributed by atoms with Gasteiger partial charge in [-0.2, -0.15) is 0 Å². The predicted octanol–water partition coefficient (Wildman–Crippen LogP) is 3.07. The lowest BCUT2D eigenvalue weighted by molar-refractivity contribution is 0.0910. The first-order valence-electron chi connectivity index (χ1n) is 8.31. The van der Waals surface area contributed by atoms with Crippen molar-refractivity contribution in [2.45, 2.75) is 38.1 Å². The number of rotatable bonds is 5. The monoisotopic (exact) mass is 326 g/mol. The van der Waals surface area contributed by atoms with Crippen LogP contribution in [0.3, 0.4) is 0 Å². The van der Waals surface area contributed by atoms with Crippen LogP contribution in [0.2, 0.25) is 0 Å². The smallest absolute Gasteiger partial charge is 0.286 e. The lowest BCUT2D eigenvalue weighted by Crippen LogP contribution is -2.39. The van der Waals surface area contributed by atoms with Gasteiger partial charge in [0.1, 0.15) is 5.76 Å². The van der Waals surface area contributed by atoms with Gasteiger partial charge in [0.2, 0.25) is 0 Å². The Balaban J connectivity index is 1.94. The Kier molecular flexibility index (Phi) is 4.69. The summed E-state index contributed by atoms with van der Waals surface area (Å²) in [6.45, 7) is 1.97. The van der Waals surface area contributed by atoms with Crippen molar-refractivity contribution in [1.29, 1.82) is 0 Å². The quantitative estimate of drug-likeness (QED) is 0.887. The summed E-state index contributed by atoms with van der Waals surface area (Å²) in [5.74, 6) is 0.0630. The van der Waals surface area contributed by atoms with Crippen molar-refractivity contribution >= 4 is 11.8 Å². The summed E-state index contributed by atoms with van der Waals surface area (Å²) in [6.07, 6.45) is 3.16. The molecule has 0 saturated heterocycles. The van der Waals surface area contributed by atoms with Crippen LogP contribution in [0.4, 0.5) is 0 Å². The van der Waals surface area contributed by atoms with Gasteiger partial charge in [-0.3, -0.25) is 9.59 Å². The van der Waals surface area contributed by atoms with Crippen LogP contribution in [0.1, 0.15) is 64.3 Å². The van der Waals surface area contributed by atoms with Gasteiger partial charge in [-0.1, -0.05) is 37.3 Å². The SMILES string of the molecule is CNC(=O)c1cc(C(=O)NC2CCC2)c([C@@H](C)c2ccccc2)o1.